The SMILES string of the molecule is CCc1ccc2oc(=O)c(C=O)c(N3CCCC3)c2c1. The minimum absolute atomic E-state index is 0.146. The highest BCUT2D eigenvalue weighted by Gasteiger charge is 2.22. The lowest BCUT2D eigenvalue weighted by molar-refractivity contribution is 0.112. The largest absolute Gasteiger partial charge is 0.422 e. The van der Waals surface area contributed by atoms with Crippen molar-refractivity contribution in [2.45, 2.75) is 26.2 Å². The van der Waals surface area contributed by atoms with Crippen molar-refractivity contribution in [1.82, 2.24) is 0 Å². The molecule has 104 valence electrons. The maximum absolute atomic E-state index is 12.0. The predicted octanol–water partition coefficient (Wildman–Crippen LogP) is 2.77. The zero-order valence-electron chi connectivity index (χ0n) is 11.5. The standard InChI is InChI=1S/C16H17NO3/c1-2-11-5-6-14-12(9-11)15(17-7-3-4-8-17)13(10-18)16(19)20-14/h5-6,9-10H,2-4,7-8H2,1H3. The number of anilines is 1. The molecule has 0 aliphatic carbocycles. The van der Waals surface area contributed by atoms with E-state index in [1.807, 2.05) is 18.2 Å². The molecule has 0 saturated carbocycles. The monoisotopic (exact) mass is 271 g/mol. The van der Waals surface area contributed by atoms with E-state index in [-0.39, 0.29) is 5.56 Å². The van der Waals surface area contributed by atoms with Crippen LogP contribution in [0.15, 0.2) is 27.4 Å². The van der Waals surface area contributed by atoms with E-state index < -0.39 is 5.63 Å². The predicted molar refractivity (Wildman–Crippen MR) is 78.7 cm³/mol. The number of aldehydes is 1. The van der Waals surface area contributed by atoms with Crippen LogP contribution >= 0.6 is 0 Å². The summed E-state index contributed by atoms with van der Waals surface area (Å²) in [5, 5.41) is 0.868. The number of fused-ring (bicyclic) bond motifs is 1. The molecule has 20 heavy (non-hydrogen) atoms. The van der Waals surface area contributed by atoms with Gasteiger partial charge < -0.3 is 9.32 Å². The van der Waals surface area contributed by atoms with Gasteiger partial charge in [0.05, 0.1) is 5.69 Å². The molecule has 0 unspecified atom stereocenters. The molecule has 4 nitrogen and oxygen atoms in total. The van der Waals surface area contributed by atoms with Gasteiger partial charge in [-0.15, -0.1) is 0 Å². The van der Waals surface area contributed by atoms with Crippen LogP contribution in [-0.2, 0) is 6.42 Å². The molecule has 0 bridgehead atoms. The molecule has 0 amide bonds. The van der Waals surface area contributed by atoms with E-state index in [1.165, 1.54) is 5.56 Å². The van der Waals surface area contributed by atoms with E-state index >= 15 is 0 Å². The van der Waals surface area contributed by atoms with E-state index in [1.54, 1.807) is 0 Å². The van der Waals surface area contributed by atoms with E-state index in [4.69, 9.17) is 4.42 Å². The van der Waals surface area contributed by atoms with Crippen LogP contribution in [0.2, 0.25) is 0 Å². The van der Waals surface area contributed by atoms with Crippen molar-refractivity contribution in [3.05, 3.63) is 39.7 Å². The molecule has 0 N–H and O–H groups in total. The van der Waals surface area contributed by atoms with Gasteiger partial charge in [0, 0.05) is 18.5 Å². The average Bonchev–Trinajstić information content (AvgIpc) is 2.99. The Bertz CT molecular complexity index is 711. The van der Waals surface area contributed by atoms with Crippen LogP contribution < -0.4 is 10.5 Å². The Kier molecular flexibility index (Phi) is 3.30. The molecule has 0 spiro atoms. The molecule has 0 radical (unpaired) electrons. The third-order valence-electron chi connectivity index (χ3n) is 3.93. The number of carbonyl (C=O) groups excluding carboxylic acids is 1. The fourth-order valence-electron chi connectivity index (χ4n) is 2.85. The number of aryl methyl sites for hydroxylation is 1. The van der Waals surface area contributed by atoms with E-state index in [0.29, 0.717) is 11.9 Å². The second-order valence-electron chi connectivity index (χ2n) is 5.15. The molecular formula is C16H17NO3. The Labute approximate surface area is 117 Å². The molecule has 2 aromatic rings. The first kappa shape index (κ1) is 12.9. The molecule has 2 heterocycles. The van der Waals surface area contributed by atoms with Crippen molar-refractivity contribution in [2.75, 3.05) is 18.0 Å². The molecule has 1 aromatic carbocycles. The highest BCUT2D eigenvalue weighted by atomic mass is 16.4. The van der Waals surface area contributed by atoms with Crippen LogP contribution in [0.3, 0.4) is 0 Å². The van der Waals surface area contributed by atoms with E-state index in [2.05, 4.69) is 11.8 Å². The summed E-state index contributed by atoms with van der Waals surface area (Å²) in [5.74, 6) is 0. The zero-order valence-corrected chi connectivity index (χ0v) is 11.5. The normalized spacial score (nSPS) is 14.9. The summed E-state index contributed by atoms with van der Waals surface area (Å²) >= 11 is 0. The van der Waals surface area contributed by atoms with E-state index in [0.717, 1.165) is 43.4 Å². The number of rotatable bonds is 3. The summed E-state index contributed by atoms with van der Waals surface area (Å²) < 4.78 is 5.27. The fourth-order valence-corrected chi connectivity index (χ4v) is 2.85. The van der Waals surface area contributed by atoms with Gasteiger partial charge in [0.2, 0.25) is 0 Å². The number of nitrogens with zero attached hydrogens (tertiary/aromatic N) is 1. The van der Waals surface area contributed by atoms with E-state index in [9.17, 15) is 9.59 Å². The van der Waals surface area contributed by atoms with Crippen molar-refractivity contribution in [1.29, 1.82) is 0 Å². The Hall–Kier alpha value is -2.10. The second-order valence-corrected chi connectivity index (χ2v) is 5.15. The lowest BCUT2D eigenvalue weighted by Gasteiger charge is -2.21. The molecule has 4 heteroatoms. The molecule has 1 saturated heterocycles. The smallest absolute Gasteiger partial charge is 0.349 e. The number of hydrogen-bond acceptors (Lipinski definition) is 4. The zero-order chi connectivity index (χ0) is 14.1. The third kappa shape index (κ3) is 2.01. The quantitative estimate of drug-likeness (QED) is 0.636. The Morgan fingerprint density at radius 1 is 1.30 bits per heavy atom. The van der Waals surface area contributed by atoms with Crippen molar-refractivity contribution < 1.29 is 9.21 Å². The highest BCUT2D eigenvalue weighted by molar-refractivity contribution is 5.99. The summed E-state index contributed by atoms with van der Waals surface area (Å²) in [6.07, 6.45) is 3.71. The second kappa shape index (κ2) is 5.12. The van der Waals surface area contributed by atoms with Crippen LogP contribution in [-0.4, -0.2) is 19.4 Å². The third-order valence-corrected chi connectivity index (χ3v) is 3.93. The first-order valence-corrected chi connectivity index (χ1v) is 7.04. The molecule has 1 aliphatic heterocycles. The fraction of sp³-hybridized carbons (Fsp3) is 0.375. The summed E-state index contributed by atoms with van der Waals surface area (Å²) in [7, 11) is 0. The van der Waals surface area contributed by atoms with Crippen molar-refractivity contribution in [3.63, 3.8) is 0 Å². The van der Waals surface area contributed by atoms with Gasteiger partial charge in [0.25, 0.3) is 0 Å². The summed E-state index contributed by atoms with van der Waals surface area (Å²) in [6.45, 7) is 3.85. The molecular weight excluding hydrogens is 254 g/mol. The van der Waals surface area contributed by atoms with Crippen molar-refractivity contribution in [3.8, 4) is 0 Å². The maximum Gasteiger partial charge on any atom is 0.349 e. The van der Waals surface area contributed by atoms with Crippen LogP contribution in [0.5, 0.6) is 0 Å². The van der Waals surface area contributed by atoms with Gasteiger partial charge in [-0.05, 0) is 37.0 Å². The van der Waals surface area contributed by atoms with Crippen LogP contribution in [0.4, 0.5) is 5.69 Å². The van der Waals surface area contributed by atoms with Gasteiger partial charge in [0.1, 0.15) is 11.1 Å². The van der Waals surface area contributed by atoms with Crippen LogP contribution in [0.25, 0.3) is 11.0 Å². The summed E-state index contributed by atoms with van der Waals surface area (Å²) in [4.78, 5) is 25.4. The first-order valence-electron chi connectivity index (χ1n) is 7.04. The minimum Gasteiger partial charge on any atom is -0.422 e. The van der Waals surface area contributed by atoms with Gasteiger partial charge >= 0.3 is 5.63 Å². The average molecular weight is 271 g/mol. The molecule has 0 atom stereocenters. The number of benzene rings is 1. The molecule has 3 rings (SSSR count). The summed E-state index contributed by atoms with van der Waals surface area (Å²) in [6, 6.07) is 5.81. The Morgan fingerprint density at radius 3 is 2.70 bits per heavy atom. The summed E-state index contributed by atoms with van der Waals surface area (Å²) in [5.41, 5.74) is 2.08. The Balaban J connectivity index is 2.35. The van der Waals surface area contributed by atoms with Crippen molar-refractivity contribution >= 4 is 22.9 Å². The van der Waals surface area contributed by atoms with Gasteiger partial charge in [-0.3, -0.25) is 4.79 Å². The molecule has 1 fully saturated rings. The van der Waals surface area contributed by atoms with Gasteiger partial charge in [0.15, 0.2) is 6.29 Å². The van der Waals surface area contributed by atoms with Gasteiger partial charge in [-0.25, -0.2) is 4.79 Å². The molecule has 1 aromatic heterocycles. The van der Waals surface area contributed by atoms with Crippen LogP contribution in [0, 0.1) is 0 Å². The van der Waals surface area contributed by atoms with Gasteiger partial charge in [-0.1, -0.05) is 13.0 Å². The minimum atomic E-state index is -0.543. The molecule has 1 aliphatic rings. The maximum atomic E-state index is 12.0. The first-order chi connectivity index (χ1) is 9.74. The van der Waals surface area contributed by atoms with Crippen LogP contribution in [0.1, 0.15) is 35.7 Å². The lowest BCUT2D eigenvalue weighted by Crippen LogP contribution is -2.23. The lowest BCUT2D eigenvalue weighted by atomic mass is 10.1. The van der Waals surface area contributed by atoms with Crippen molar-refractivity contribution in [2.24, 2.45) is 0 Å². The topological polar surface area (TPSA) is 50.5 Å². The number of carbonyl (C=O) groups is 1. The Morgan fingerprint density at radius 2 is 2.05 bits per heavy atom. The highest BCUT2D eigenvalue weighted by Crippen LogP contribution is 2.31. The van der Waals surface area contributed by atoms with Gasteiger partial charge in [-0.2, -0.15) is 0 Å². The number of hydrogen-bond donors (Lipinski definition) is 0.